The summed E-state index contributed by atoms with van der Waals surface area (Å²) in [6.45, 7) is 48.0. The van der Waals surface area contributed by atoms with E-state index in [0.29, 0.717) is 35.7 Å². The zero-order valence-corrected chi connectivity index (χ0v) is 80.4. The Kier molecular flexibility index (Phi) is 64.7. The molecule has 0 aliphatic carbocycles. The van der Waals surface area contributed by atoms with Crippen LogP contribution >= 0.6 is 0 Å². The fourth-order valence-corrected chi connectivity index (χ4v) is 10.0. The number of Topliss-reactive ketones (excluding diaryl/α,β-unsaturated/α-hetero) is 5. The number of ether oxygens (including phenoxy) is 1. The molecule has 0 atom stereocenters. The Hall–Kier alpha value is -11.3. The van der Waals surface area contributed by atoms with Gasteiger partial charge in [-0.05, 0) is 215 Å². The number of rotatable bonds is 26. The van der Waals surface area contributed by atoms with Gasteiger partial charge in [-0.3, -0.25) is 28.8 Å². The SMILES string of the molecule is CC(C)C(=O)C(c1ccc(F)cc1)c1ccc(F)cc1.CC(C)C(=O)C=C(c1ccc(F)cc1)c1ccc(F)cc1.CC(C)C(=O)CC(c1ccc(F)cc1)c1ccc(F)cc1.CC(C)C(=O)CN(c1ccc(F)cc1)c1ccc(F)cc1.CC(C)C(=O)CNc1ccc(F)cc1.CC(C)C(=O)COc1ccc(F)cc1.CCC.CCC.CCC.CCC.CCC.CCC. The van der Waals surface area contributed by atoms with Gasteiger partial charge in [-0.25, -0.2) is 43.9 Å². The van der Waals surface area contributed by atoms with E-state index in [-0.39, 0.29) is 147 Å². The van der Waals surface area contributed by atoms with E-state index in [1.807, 2.05) is 83.1 Å². The van der Waals surface area contributed by atoms with Crippen molar-refractivity contribution in [1.82, 2.24) is 0 Å². The summed E-state index contributed by atoms with van der Waals surface area (Å²) in [6, 6.07) is 59.1. The first-order valence-corrected chi connectivity index (χ1v) is 44.7. The van der Waals surface area contributed by atoms with Gasteiger partial charge in [-0.1, -0.05) is 277 Å². The zero-order chi connectivity index (χ0) is 98.3. The largest absolute Gasteiger partial charge is 0.486 e. The maximum atomic E-state index is 13.1. The molecule has 0 aliphatic heterocycles. The molecule has 10 rings (SSSR count). The van der Waals surface area contributed by atoms with Crippen LogP contribution in [0.25, 0.3) is 5.57 Å². The average molecular weight is 1790 g/mol. The van der Waals surface area contributed by atoms with E-state index < -0.39 is 5.92 Å². The van der Waals surface area contributed by atoms with Crippen molar-refractivity contribution in [3.63, 3.8) is 0 Å². The third-order valence-corrected chi connectivity index (χ3v) is 17.0. The van der Waals surface area contributed by atoms with E-state index in [0.717, 1.165) is 39.1 Å². The van der Waals surface area contributed by atoms with Crippen LogP contribution in [-0.2, 0) is 28.8 Å². The lowest BCUT2D eigenvalue weighted by Crippen LogP contribution is -2.28. The minimum absolute atomic E-state index is 0.0290. The predicted molar refractivity (Wildman–Crippen MR) is 515 cm³/mol. The lowest BCUT2D eigenvalue weighted by Gasteiger charge is -2.25. The van der Waals surface area contributed by atoms with Crippen LogP contribution in [0.15, 0.2) is 249 Å². The quantitative estimate of drug-likeness (QED) is 0.0416. The average Bonchev–Trinajstić information content (AvgIpc) is 0.735. The molecule has 704 valence electrons. The number of hydrogen-bond acceptors (Lipinski definition) is 9. The first-order chi connectivity index (χ1) is 61.1. The second kappa shape index (κ2) is 69.7. The fraction of sp³-hybridized carbons (Fsp3) is 0.382. The molecule has 0 aromatic heterocycles. The molecule has 0 saturated carbocycles. The van der Waals surface area contributed by atoms with Crippen molar-refractivity contribution in [1.29, 1.82) is 0 Å². The molecule has 10 aromatic rings. The Morgan fingerprint density at radius 2 is 0.558 bits per heavy atom. The summed E-state index contributed by atoms with van der Waals surface area (Å²) >= 11 is 0. The summed E-state index contributed by atoms with van der Waals surface area (Å²) < 4.78 is 135. The Bertz CT molecular complexity index is 4300. The molecule has 9 nitrogen and oxygen atoms in total. The predicted octanol–water partition coefficient (Wildman–Crippen LogP) is 31.4. The number of allylic oxidation sites excluding steroid dienone is 1. The van der Waals surface area contributed by atoms with Crippen molar-refractivity contribution >= 4 is 57.3 Å². The van der Waals surface area contributed by atoms with Crippen molar-refractivity contribution in [2.75, 3.05) is 29.9 Å². The van der Waals surface area contributed by atoms with Gasteiger partial charge in [0.2, 0.25) is 0 Å². The van der Waals surface area contributed by atoms with Gasteiger partial charge in [-0.15, -0.1) is 0 Å². The highest BCUT2D eigenvalue weighted by Crippen LogP contribution is 2.33. The lowest BCUT2D eigenvalue weighted by molar-refractivity contribution is -0.124. The van der Waals surface area contributed by atoms with Gasteiger partial charge >= 0.3 is 0 Å². The number of hydrogen-bond donors (Lipinski definition) is 1. The number of nitrogens with one attached hydrogen (secondary N) is 1. The monoisotopic (exact) mass is 1790 g/mol. The second-order valence-electron chi connectivity index (χ2n) is 32.0. The Morgan fingerprint density at radius 3 is 0.829 bits per heavy atom. The first kappa shape index (κ1) is 120. The van der Waals surface area contributed by atoms with E-state index in [4.69, 9.17) is 4.74 Å². The van der Waals surface area contributed by atoms with Crippen molar-refractivity contribution in [3.05, 3.63) is 340 Å². The van der Waals surface area contributed by atoms with Crippen LogP contribution in [0.3, 0.4) is 0 Å². The number of carbonyl (C=O) groups excluding carboxylic acids is 6. The normalized spacial score (nSPS) is 10.1. The zero-order valence-electron chi connectivity index (χ0n) is 80.4. The molecule has 19 heteroatoms. The molecule has 0 fully saturated rings. The molecular weight excluding hydrogens is 1650 g/mol. The number of anilines is 3. The number of ketones is 6. The topological polar surface area (TPSA) is 127 Å². The maximum absolute atomic E-state index is 13.1. The molecule has 0 radical (unpaired) electrons. The smallest absolute Gasteiger partial charge is 0.172 e. The van der Waals surface area contributed by atoms with Gasteiger partial charge in [0, 0.05) is 64.9 Å². The Labute approximate surface area is 765 Å². The first-order valence-electron chi connectivity index (χ1n) is 44.7. The standard InChI is InChI=1S/C18H18F2O.C18H16F2O.C17H17F2NO.C17H16F2O.C11H14FNO.C11H13FO2.6C3H8/c2*1-12(2)18(21)11-17(13-3-7-15(19)8-4-13)14-5-9-16(20)10-6-14;1-12(2)17(21)11-20(15-7-3-13(18)4-8-15)16-9-5-14(19)6-10-16;1-11(2)17(20)16(12-3-7-14(18)8-4-12)13-5-9-15(19)10-6-13;1-8(2)11(14)7-13-10-5-3-9(12)4-6-10;1-8(2)11(13)7-14-10-5-3-9(12)4-6-10;6*1-3-2/h3-10,12,17H,11H2,1-2H3;3-12H,1-2H3;3-10,12H,11H2,1-2H3;3-11,16H,1-2H3;3-6,8,13H,7H2,1-2H3;3-6,8H,7H2,1-2H3;6*3H2,1-2H3. The molecular formula is C110H142F10N2O7. The highest BCUT2D eigenvalue weighted by molar-refractivity contribution is 6.01. The van der Waals surface area contributed by atoms with Crippen molar-refractivity contribution < 1.29 is 77.4 Å². The van der Waals surface area contributed by atoms with Crippen LogP contribution in [0.4, 0.5) is 61.0 Å². The van der Waals surface area contributed by atoms with E-state index in [2.05, 4.69) is 88.4 Å². The van der Waals surface area contributed by atoms with Gasteiger partial charge in [-0.2, -0.15) is 0 Å². The van der Waals surface area contributed by atoms with Gasteiger partial charge in [0.15, 0.2) is 23.1 Å². The van der Waals surface area contributed by atoms with Gasteiger partial charge in [0.25, 0.3) is 0 Å². The van der Waals surface area contributed by atoms with Crippen LogP contribution in [0, 0.1) is 93.7 Å². The highest BCUT2D eigenvalue weighted by Gasteiger charge is 2.26. The molecule has 0 spiro atoms. The summed E-state index contributed by atoms with van der Waals surface area (Å²) in [5.41, 5.74) is 7.40. The number of halogens is 10. The molecule has 0 aliphatic rings. The van der Waals surface area contributed by atoms with Crippen molar-refractivity contribution in [2.24, 2.45) is 35.5 Å². The molecule has 0 heterocycles. The third kappa shape index (κ3) is 52.7. The van der Waals surface area contributed by atoms with E-state index >= 15 is 0 Å². The molecule has 129 heavy (non-hydrogen) atoms. The van der Waals surface area contributed by atoms with Gasteiger partial charge in [0.1, 0.15) is 82.1 Å². The molecule has 0 bridgehead atoms. The number of nitrogens with zero attached hydrogens (tertiary/aromatic N) is 1. The van der Waals surface area contributed by atoms with E-state index in [9.17, 15) is 72.7 Å². The van der Waals surface area contributed by atoms with Crippen molar-refractivity contribution in [2.45, 2.75) is 223 Å². The Balaban J connectivity index is 0. The van der Waals surface area contributed by atoms with Crippen LogP contribution in [0.1, 0.15) is 256 Å². The summed E-state index contributed by atoms with van der Waals surface area (Å²) in [6.07, 6.45) is 9.36. The van der Waals surface area contributed by atoms with E-state index in [1.165, 1.54) is 178 Å². The number of benzene rings is 10. The van der Waals surface area contributed by atoms with Crippen LogP contribution < -0.4 is 15.0 Å². The Morgan fingerprint density at radius 1 is 0.302 bits per heavy atom. The third-order valence-electron chi connectivity index (χ3n) is 17.0. The summed E-state index contributed by atoms with van der Waals surface area (Å²) in [5.74, 6) is -3.50. The molecule has 0 amide bonds. The second-order valence-corrected chi connectivity index (χ2v) is 32.0. The molecule has 10 aromatic carbocycles. The lowest BCUT2D eigenvalue weighted by atomic mass is 9.83. The molecule has 0 unspecified atom stereocenters. The highest BCUT2D eigenvalue weighted by atomic mass is 19.2. The van der Waals surface area contributed by atoms with Gasteiger partial charge < -0.3 is 15.0 Å². The van der Waals surface area contributed by atoms with E-state index in [1.54, 1.807) is 114 Å². The van der Waals surface area contributed by atoms with Crippen LogP contribution in [0.2, 0.25) is 0 Å². The van der Waals surface area contributed by atoms with Crippen LogP contribution in [0.5, 0.6) is 5.75 Å². The molecule has 0 saturated heterocycles. The number of carbonyl (C=O) groups is 6. The minimum Gasteiger partial charge on any atom is -0.486 e. The molecule has 1 N–H and O–H groups in total. The maximum Gasteiger partial charge on any atom is 0.172 e. The van der Waals surface area contributed by atoms with Crippen LogP contribution in [-0.4, -0.2) is 54.4 Å². The fourth-order valence-electron chi connectivity index (χ4n) is 10.0. The van der Waals surface area contributed by atoms with Crippen molar-refractivity contribution in [3.8, 4) is 5.75 Å². The summed E-state index contributed by atoms with van der Waals surface area (Å²) in [4.78, 5) is 72.7. The minimum atomic E-state index is -0.490. The summed E-state index contributed by atoms with van der Waals surface area (Å²) in [5, 5.41) is 2.94. The van der Waals surface area contributed by atoms with Gasteiger partial charge in [0.05, 0.1) is 19.0 Å². The summed E-state index contributed by atoms with van der Waals surface area (Å²) in [7, 11) is 0.